The Morgan fingerprint density at radius 1 is 1.44 bits per heavy atom. The van der Waals surface area contributed by atoms with Crippen LogP contribution in [0.5, 0.6) is 0 Å². The number of rotatable bonds is 1. The van der Waals surface area contributed by atoms with Gasteiger partial charge in [0.2, 0.25) is 0 Å². The van der Waals surface area contributed by atoms with Gasteiger partial charge in [-0.15, -0.1) is 0 Å². The van der Waals surface area contributed by atoms with E-state index in [0.717, 1.165) is 18.3 Å². The van der Waals surface area contributed by atoms with E-state index in [2.05, 4.69) is 4.98 Å². The number of nitrogens with zero attached hydrogens (tertiary/aromatic N) is 2. The lowest BCUT2D eigenvalue weighted by Crippen LogP contribution is -2.29. The fraction of sp³-hybridized carbons (Fsp3) is 0.455. The van der Waals surface area contributed by atoms with Gasteiger partial charge in [-0.3, -0.25) is 9.78 Å². The van der Waals surface area contributed by atoms with E-state index < -0.39 is 23.9 Å². The standard InChI is InChI=1S/C11H11F3N2O2/c12-11(13,14)9-2-1-7(5-15-9)10(18)16-4-3-8(17)6-16/h1-2,5,8,17H,3-4,6H2/t8-/m0/s1. The molecule has 1 aliphatic rings. The Morgan fingerprint density at radius 2 is 2.17 bits per heavy atom. The van der Waals surface area contributed by atoms with Crippen LogP contribution in [-0.2, 0) is 6.18 Å². The summed E-state index contributed by atoms with van der Waals surface area (Å²) in [6.45, 7) is 0.612. The number of amides is 1. The maximum Gasteiger partial charge on any atom is 0.433 e. The average molecular weight is 260 g/mol. The summed E-state index contributed by atoms with van der Waals surface area (Å²) in [6.07, 6.45) is -3.67. The maximum absolute atomic E-state index is 12.3. The number of aliphatic hydroxyl groups is 1. The van der Waals surface area contributed by atoms with Crippen LogP contribution in [-0.4, -0.2) is 40.1 Å². The van der Waals surface area contributed by atoms with Gasteiger partial charge in [0.05, 0.1) is 11.7 Å². The summed E-state index contributed by atoms with van der Waals surface area (Å²) < 4.78 is 36.8. The fourth-order valence-corrected chi connectivity index (χ4v) is 1.80. The van der Waals surface area contributed by atoms with Gasteiger partial charge in [-0.25, -0.2) is 0 Å². The molecule has 2 heterocycles. The highest BCUT2D eigenvalue weighted by Crippen LogP contribution is 2.27. The fourth-order valence-electron chi connectivity index (χ4n) is 1.80. The third-order valence-electron chi connectivity index (χ3n) is 2.75. The van der Waals surface area contributed by atoms with E-state index in [-0.39, 0.29) is 12.1 Å². The lowest BCUT2D eigenvalue weighted by molar-refractivity contribution is -0.141. The van der Waals surface area contributed by atoms with Crippen LogP contribution >= 0.6 is 0 Å². The normalized spacial score (nSPS) is 20.2. The zero-order valence-electron chi connectivity index (χ0n) is 9.31. The van der Waals surface area contributed by atoms with Gasteiger partial charge in [-0.1, -0.05) is 0 Å². The van der Waals surface area contributed by atoms with Crippen molar-refractivity contribution in [3.63, 3.8) is 0 Å². The molecule has 2 rings (SSSR count). The number of carbonyl (C=O) groups is 1. The van der Waals surface area contributed by atoms with E-state index in [1.165, 1.54) is 4.90 Å². The Kier molecular flexibility index (Phi) is 3.25. The van der Waals surface area contributed by atoms with E-state index in [4.69, 9.17) is 0 Å². The number of pyridine rings is 1. The van der Waals surface area contributed by atoms with Crippen LogP contribution in [0.1, 0.15) is 22.5 Å². The maximum atomic E-state index is 12.3. The van der Waals surface area contributed by atoms with E-state index >= 15 is 0 Å². The molecular weight excluding hydrogens is 249 g/mol. The number of likely N-dealkylation sites (tertiary alicyclic amines) is 1. The van der Waals surface area contributed by atoms with Gasteiger partial charge in [-0.2, -0.15) is 13.2 Å². The molecule has 1 fully saturated rings. The van der Waals surface area contributed by atoms with Crippen molar-refractivity contribution in [2.75, 3.05) is 13.1 Å². The number of hydrogen-bond acceptors (Lipinski definition) is 3. The second kappa shape index (κ2) is 4.56. The molecule has 1 aromatic rings. The van der Waals surface area contributed by atoms with Gasteiger partial charge in [-0.05, 0) is 18.6 Å². The first kappa shape index (κ1) is 12.8. The summed E-state index contributed by atoms with van der Waals surface area (Å²) in [5.74, 6) is -0.409. The molecule has 18 heavy (non-hydrogen) atoms. The zero-order chi connectivity index (χ0) is 13.3. The summed E-state index contributed by atoms with van der Waals surface area (Å²) in [5.41, 5.74) is -0.933. The smallest absolute Gasteiger partial charge is 0.391 e. The van der Waals surface area contributed by atoms with Crippen LogP contribution in [0, 0.1) is 0 Å². The van der Waals surface area contributed by atoms with Crippen LogP contribution in [0.25, 0.3) is 0 Å². The largest absolute Gasteiger partial charge is 0.433 e. The second-order valence-electron chi connectivity index (χ2n) is 4.12. The Morgan fingerprint density at radius 3 is 2.61 bits per heavy atom. The molecule has 98 valence electrons. The van der Waals surface area contributed by atoms with E-state index in [0.29, 0.717) is 13.0 Å². The van der Waals surface area contributed by atoms with Crippen LogP contribution < -0.4 is 0 Å². The lowest BCUT2D eigenvalue weighted by atomic mass is 10.2. The predicted molar refractivity (Wildman–Crippen MR) is 55.8 cm³/mol. The highest BCUT2D eigenvalue weighted by Gasteiger charge is 2.33. The van der Waals surface area contributed by atoms with E-state index in [9.17, 15) is 23.1 Å². The summed E-state index contributed by atoms with van der Waals surface area (Å²) in [7, 11) is 0. The molecule has 0 aliphatic carbocycles. The van der Waals surface area contributed by atoms with Crippen molar-refractivity contribution >= 4 is 5.91 Å². The minimum atomic E-state index is -4.51. The zero-order valence-corrected chi connectivity index (χ0v) is 9.31. The monoisotopic (exact) mass is 260 g/mol. The topological polar surface area (TPSA) is 53.4 Å². The first-order valence-corrected chi connectivity index (χ1v) is 5.38. The van der Waals surface area contributed by atoms with E-state index in [1.54, 1.807) is 0 Å². The van der Waals surface area contributed by atoms with Gasteiger partial charge in [0.15, 0.2) is 0 Å². The van der Waals surface area contributed by atoms with Gasteiger partial charge in [0.1, 0.15) is 5.69 Å². The first-order chi connectivity index (χ1) is 8.38. The van der Waals surface area contributed by atoms with Crippen molar-refractivity contribution < 1.29 is 23.1 Å². The van der Waals surface area contributed by atoms with Gasteiger partial charge < -0.3 is 10.0 Å². The van der Waals surface area contributed by atoms with Crippen LogP contribution in [0.15, 0.2) is 18.3 Å². The van der Waals surface area contributed by atoms with Crippen LogP contribution in [0.3, 0.4) is 0 Å². The number of halogens is 3. The molecule has 1 saturated heterocycles. The molecule has 0 saturated carbocycles. The predicted octanol–water partition coefficient (Wildman–Crippen LogP) is 1.31. The Bertz CT molecular complexity index is 445. The number of alkyl halides is 3. The Labute approximate surface area is 101 Å². The molecule has 0 bridgehead atoms. The minimum absolute atomic E-state index is 0.0945. The molecule has 1 aromatic heterocycles. The highest BCUT2D eigenvalue weighted by molar-refractivity contribution is 5.94. The molecular formula is C11H11F3N2O2. The van der Waals surface area contributed by atoms with Crippen molar-refractivity contribution in [2.45, 2.75) is 18.7 Å². The van der Waals surface area contributed by atoms with Crippen molar-refractivity contribution in [3.8, 4) is 0 Å². The number of β-amino-alcohol motifs (C(OH)–C–C–N with tert-alkyl or cyclic N) is 1. The number of aliphatic hydroxyl groups excluding tert-OH is 1. The molecule has 7 heteroatoms. The molecule has 1 N–H and O–H groups in total. The summed E-state index contributed by atoms with van der Waals surface area (Å²) in [4.78, 5) is 16.5. The Balaban J connectivity index is 2.12. The van der Waals surface area contributed by atoms with E-state index in [1.807, 2.05) is 0 Å². The number of hydrogen-bond donors (Lipinski definition) is 1. The lowest BCUT2D eigenvalue weighted by Gasteiger charge is -2.15. The molecule has 0 spiro atoms. The number of carbonyl (C=O) groups excluding carboxylic acids is 1. The first-order valence-electron chi connectivity index (χ1n) is 5.38. The van der Waals surface area contributed by atoms with Gasteiger partial charge in [0, 0.05) is 19.3 Å². The highest BCUT2D eigenvalue weighted by atomic mass is 19.4. The van der Waals surface area contributed by atoms with Crippen molar-refractivity contribution in [3.05, 3.63) is 29.6 Å². The molecule has 1 atom stereocenters. The van der Waals surface area contributed by atoms with Crippen molar-refractivity contribution in [1.29, 1.82) is 0 Å². The van der Waals surface area contributed by atoms with Crippen LogP contribution in [0.2, 0.25) is 0 Å². The summed E-state index contributed by atoms with van der Waals surface area (Å²) in [6, 6.07) is 1.88. The average Bonchev–Trinajstić information content (AvgIpc) is 2.74. The molecule has 0 aromatic carbocycles. The number of aromatic nitrogens is 1. The molecule has 1 amide bonds. The molecule has 1 aliphatic heterocycles. The second-order valence-corrected chi connectivity index (χ2v) is 4.12. The van der Waals surface area contributed by atoms with Crippen molar-refractivity contribution in [2.24, 2.45) is 0 Å². The van der Waals surface area contributed by atoms with Crippen LogP contribution in [0.4, 0.5) is 13.2 Å². The molecule has 4 nitrogen and oxygen atoms in total. The van der Waals surface area contributed by atoms with Crippen molar-refractivity contribution in [1.82, 2.24) is 9.88 Å². The Hall–Kier alpha value is -1.63. The van der Waals surface area contributed by atoms with Gasteiger partial charge in [0.25, 0.3) is 5.91 Å². The third-order valence-corrected chi connectivity index (χ3v) is 2.75. The quantitative estimate of drug-likeness (QED) is 0.828. The molecule has 0 radical (unpaired) electrons. The van der Waals surface area contributed by atoms with Gasteiger partial charge >= 0.3 is 6.18 Å². The summed E-state index contributed by atoms with van der Waals surface area (Å²) in [5, 5.41) is 9.29. The minimum Gasteiger partial charge on any atom is -0.391 e. The third kappa shape index (κ3) is 2.61. The SMILES string of the molecule is O=C(c1ccc(C(F)(F)F)nc1)N1CC[C@H](O)C1. The molecule has 0 unspecified atom stereocenters. The summed E-state index contributed by atoms with van der Waals surface area (Å²) >= 11 is 0.